The molecule has 0 aromatic heterocycles. The zero-order chi connectivity index (χ0) is 17.7. The van der Waals surface area contributed by atoms with Crippen LogP contribution in [0.4, 0.5) is 11.4 Å². The summed E-state index contributed by atoms with van der Waals surface area (Å²) < 4.78 is 5.99. The van der Waals surface area contributed by atoms with Crippen LogP contribution in [0.1, 0.15) is 13.8 Å². The molecule has 0 atom stereocenters. The lowest BCUT2D eigenvalue weighted by Crippen LogP contribution is -2.41. The van der Waals surface area contributed by atoms with Crippen LogP contribution in [0.5, 0.6) is 5.75 Å². The van der Waals surface area contributed by atoms with Gasteiger partial charge in [-0.25, -0.2) is 0 Å². The molecule has 0 fully saturated rings. The van der Waals surface area contributed by atoms with E-state index in [0.717, 1.165) is 4.47 Å². The number of carbonyl (C=O) groups excluding carboxylic acids is 2. The Balaban J connectivity index is 2.05. The molecule has 6 heteroatoms. The van der Waals surface area contributed by atoms with Crippen molar-refractivity contribution in [1.29, 1.82) is 0 Å². The number of anilines is 2. The van der Waals surface area contributed by atoms with Gasteiger partial charge in [-0.1, -0.05) is 15.9 Å². The lowest BCUT2D eigenvalue weighted by Gasteiger charge is -2.22. The second kappa shape index (κ2) is 7.49. The van der Waals surface area contributed by atoms with Crippen molar-refractivity contribution in [3.8, 4) is 5.75 Å². The molecular weight excluding hydrogens is 372 g/mol. The molecule has 0 aliphatic heterocycles. The fraction of sp³-hybridized carbons (Fsp3) is 0.222. The van der Waals surface area contributed by atoms with Gasteiger partial charge in [0.25, 0.3) is 0 Å². The predicted octanol–water partition coefficient (Wildman–Crippen LogP) is 4.06. The third kappa shape index (κ3) is 4.35. The Hall–Kier alpha value is -2.34. The molecule has 0 aliphatic carbocycles. The Bertz CT molecular complexity index is 725. The van der Waals surface area contributed by atoms with E-state index in [1.807, 2.05) is 12.1 Å². The Kier molecular flexibility index (Phi) is 5.62. The van der Waals surface area contributed by atoms with Crippen LogP contribution in [-0.2, 0) is 9.59 Å². The molecule has 5 nitrogen and oxygen atoms in total. The smallest absolute Gasteiger partial charge is 0.239 e. The van der Waals surface area contributed by atoms with E-state index >= 15 is 0 Å². The van der Waals surface area contributed by atoms with Crippen molar-refractivity contribution in [2.45, 2.75) is 13.8 Å². The number of halogens is 1. The number of hydrogen-bond donors (Lipinski definition) is 2. The molecule has 2 amide bonds. The molecular formula is C18H19BrN2O3. The zero-order valence-corrected chi connectivity index (χ0v) is 15.3. The van der Waals surface area contributed by atoms with Gasteiger partial charge in [0.15, 0.2) is 0 Å². The van der Waals surface area contributed by atoms with Crippen LogP contribution in [0.2, 0.25) is 0 Å². The summed E-state index contributed by atoms with van der Waals surface area (Å²) in [4.78, 5) is 24.9. The van der Waals surface area contributed by atoms with Crippen molar-refractivity contribution in [2.75, 3.05) is 17.7 Å². The molecule has 0 radical (unpaired) electrons. The molecule has 0 unspecified atom stereocenters. The standard InChI is InChI=1S/C18H19BrN2O3/c1-18(2,16(22)20-13-6-4-12(19)5-7-13)17(23)21-14-8-10-15(24-3)11-9-14/h4-11H,1-3H3,(H,20,22)(H,21,23). The lowest BCUT2D eigenvalue weighted by atomic mass is 9.90. The number of ether oxygens (including phenoxy) is 1. The maximum atomic E-state index is 12.5. The molecule has 0 heterocycles. The molecule has 2 aromatic rings. The maximum absolute atomic E-state index is 12.5. The second-order valence-electron chi connectivity index (χ2n) is 5.77. The Morgan fingerprint density at radius 1 is 0.875 bits per heavy atom. The molecule has 2 rings (SSSR count). The van der Waals surface area contributed by atoms with Gasteiger partial charge >= 0.3 is 0 Å². The third-order valence-electron chi connectivity index (χ3n) is 3.59. The van der Waals surface area contributed by atoms with Crippen molar-refractivity contribution in [3.63, 3.8) is 0 Å². The SMILES string of the molecule is COc1ccc(NC(=O)C(C)(C)C(=O)Nc2ccc(Br)cc2)cc1. The highest BCUT2D eigenvalue weighted by Crippen LogP contribution is 2.23. The molecule has 2 N–H and O–H groups in total. The van der Waals surface area contributed by atoms with Gasteiger partial charge < -0.3 is 15.4 Å². The highest BCUT2D eigenvalue weighted by Gasteiger charge is 2.36. The van der Waals surface area contributed by atoms with Gasteiger partial charge in [0.05, 0.1) is 7.11 Å². The molecule has 0 saturated carbocycles. The van der Waals surface area contributed by atoms with Crippen LogP contribution >= 0.6 is 15.9 Å². The van der Waals surface area contributed by atoms with Gasteiger partial charge in [-0.05, 0) is 62.4 Å². The first-order chi connectivity index (χ1) is 11.3. The monoisotopic (exact) mass is 390 g/mol. The van der Waals surface area contributed by atoms with Gasteiger partial charge in [-0.3, -0.25) is 9.59 Å². The molecule has 0 saturated heterocycles. The number of hydrogen-bond acceptors (Lipinski definition) is 3. The van der Waals surface area contributed by atoms with E-state index < -0.39 is 5.41 Å². The Morgan fingerprint density at radius 3 is 1.71 bits per heavy atom. The van der Waals surface area contributed by atoms with Crippen molar-refractivity contribution in [1.82, 2.24) is 0 Å². The summed E-state index contributed by atoms with van der Waals surface area (Å²) in [6.45, 7) is 3.17. The van der Waals surface area contributed by atoms with E-state index in [2.05, 4.69) is 26.6 Å². The number of carbonyl (C=O) groups is 2. The quantitative estimate of drug-likeness (QED) is 0.756. The highest BCUT2D eigenvalue weighted by atomic mass is 79.9. The third-order valence-corrected chi connectivity index (χ3v) is 4.11. The summed E-state index contributed by atoms with van der Waals surface area (Å²) in [6.07, 6.45) is 0. The lowest BCUT2D eigenvalue weighted by molar-refractivity contribution is -0.135. The van der Waals surface area contributed by atoms with E-state index in [4.69, 9.17) is 4.74 Å². The first-order valence-corrected chi connectivity index (χ1v) is 8.15. The Morgan fingerprint density at radius 2 is 1.29 bits per heavy atom. The largest absolute Gasteiger partial charge is 0.497 e. The van der Waals surface area contributed by atoms with Crippen LogP contribution in [0, 0.1) is 5.41 Å². The molecule has 0 aliphatic rings. The van der Waals surface area contributed by atoms with Crippen LogP contribution in [0.3, 0.4) is 0 Å². The summed E-state index contributed by atoms with van der Waals surface area (Å²) in [5, 5.41) is 5.50. The minimum Gasteiger partial charge on any atom is -0.497 e. The van der Waals surface area contributed by atoms with E-state index in [1.54, 1.807) is 57.4 Å². The van der Waals surface area contributed by atoms with Gasteiger partial charge in [0.1, 0.15) is 11.2 Å². The fourth-order valence-electron chi connectivity index (χ4n) is 1.89. The summed E-state index contributed by atoms with van der Waals surface area (Å²) >= 11 is 3.34. The van der Waals surface area contributed by atoms with Crippen molar-refractivity contribution in [2.24, 2.45) is 5.41 Å². The number of amides is 2. The number of rotatable bonds is 5. The van der Waals surface area contributed by atoms with Crippen LogP contribution in [0.15, 0.2) is 53.0 Å². The molecule has 0 spiro atoms. The second-order valence-corrected chi connectivity index (χ2v) is 6.68. The van der Waals surface area contributed by atoms with Crippen LogP contribution < -0.4 is 15.4 Å². The normalized spacial score (nSPS) is 10.8. The van der Waals surface area contributed by atoms with Gasteiger partial charge in [0.2, 0.25) is 11.8 Å². The van der Waals surface area contributed by atoms with Crippen LogP contribution in [-0.4, -0.2) is 18.9 Å². The first kappa shape index (κ1) is 18.0. The van der Waals surface area contributed by atoms with E-state index in [-0.39, 0.29) is 11.8 Å². The van der Waals surface area contributed by atoms with Crippen molar-refractivity contribution >= 4 is 39.1 Å². The number of nitrogens with one attached hydrogen (secondary N) is 2. The molecule has 126 valence electrons. The summed E-state index contributed by atoms with van der Waals surface area (Å²) in [5.74, 6) is -0.0710. The van der Waals surface area contributed by atoms with Gasteiger partial charge in [0, 0.05) is 15.8 Å². The predicted molar refractivity (Wildman–Crippen MR) is 98.2 cm³/mol. The zero-order valence-electron chi connectivity index (χ0n) is 13.7. The Labute approximate surface area is 149 Å². The van der Waals surface area contributed by atoms with Gasteiger partial charge in [-0.2, -0.15) is 0 Å². The average Bonchev–Trinajstić information content (AvgIpc) is 2.57. The first-order valence-electron chi connectivity index (χ1n) is 7.35. The van der Waals surface area contributed by atoms with E-state index in [0.29, 0.717) is 17.1 Å². The number of methoxy groups -OCH3 is 1. The van der Waals surface area contributed by atoms with E-state index in [1.165, 1.54) is 0 Å². The minimum atomic E-state index is -1.23. The van der Waals surface area contributed by atoms with Crippen molar-refractivity contribution < 1.29 is 14.3 Å². The summed E-state index contributed by atoms with van der Waals surface area (Å²) in [5.41, 5.74) is 0.00587. The van der Waals surface area contributed by atoms with Crippen LogP contribution in [0.25, 0.3) is 0 Å². The van der Waals surface area contributed by atoms with Crippen molar-refractivity contribution in [3.05, 3.63) is 53.0 Å². The highest BCUT2D eigenvalue weighted by molar-refractivity contribution is 9.10. The molecule has 2 aromatic carbocycles. The minimum absolute atomic E-state index is 0.379. The maximum Gasteiger partial charge on any atom is 0.239 e. The summed E-state index contributed by atoms with van der Waals surface area (Å²) in [7, 11) is 1.57. The van der Waals surface area contributed by atoms with Gasteiger partial charge in [-0.15, -0.1) is 0 Å². The summed E-state index contributed by atoms with van der Waals surface area (Å²) in [6, 6.07) is 14.1. The van der Waals surface area contributed by atoms with E-state index in [9.17, 15) is 9.59 Å². The fourth-order valence-corrected chi connectivity index (χ4v) is 2.15. The average molecular weight is 391 g/mol. The molecule has 0 bridgehead atoms. The number of benzene rings is 2. The molecule has 24 heavy (non-hydrogen) atoms. The topological polar surface area (TPSA) is 67.4 Å².